The molecule has 2 amide bonds. The topological polar surface area (TPSA) is 136 Å². The molecule has 0 aromatic heterocycles. The average molecular weight is 589 g/mol. The van der Waals surface area contributed by atoms with Crippen molar-refractivity contribution in [3.05, 3.63) is 41.5 Å². The van der Waals surface area contributed by atoms with Gasteiger partial charge in [0.2, 0.25) is 12.0 Å². The molecule has 0 aliphatic carbocycles. The highest BCUT2D eigenvalue weighted by Crippen LogP contribution is 2.37. The fraction of sp³-hybridized carbons (Fsp3) is 0.567. The van der Waals surface area contributed by atoms with Crippen molar-refractivity contribution >= 4 is 36.9 Å². The van der Waals surface area contributed by atoms with Gasteiger partial charge in [0.05, 0.1) is 32.0 Å². The van der Waals surface area contributed by atoms with Crippen molar-refractivity contribution in [3.63, 3.8) is 0 Å². The molecule has 0 spiro atoms. The molecule has 3 rings (SSSR count). The first kappa shape index (κ1) is 32.5. The Hall–Kier alpha value is -2.99. The number of ether oxygens (including phenoxy) is 3. The summed E-state index contributed by atoms with van der Waals surface area (Å²) in [6, 6.07) is 7.69. The number of hydrogen-bond acceptors (Lipinski definition) is 8. The van der Waals surface area contributed by atoms with Gasteiger partial charge in [-0.25, -0.2) is 4.79 Å². The molecule has 0 bridgehead atoms. The summed E-state index contributed by atoms with van der Waals surface area (Å²) in [7, 11) is -0.538. The van der Waals surface area contributed by atoms with Gasteiger partial charge < -0.3 is 34.4 Å². The van der Waals surface area contributed by atoms with Crippen LogP contribution in [0.3, 0.4) is 0 Å². The number of carbonyl (C=O) groups is 3. The maximum Gasteiger partial charge on any atom is 0.339 e. The van der Waals surface area contributed by atoms with Gasteiger partial charge in [-0.15, -0.1) is 0 Å². The Morgan fingerprint density at radius 2 is 1.80 bits per heavy atom. The minimum absolute atomic E-state index is 0.0102. The van der Waals surface area contributed by atoms with Crippen molar-refractivity contribution in [1.29, 1.82) is 0 Å². The predicted octanol–water partition coefficient (Wildman–Crippen LogP) is 3.47. The van der Waals surface area contributed by atoms with E-state index in [1.165, 1.54) is 7.11 Å². The van der Waals surface area contributed by atoms with E-state index >= 15 is 0 Å². The minimum atomic E-state index is -2.04. The molecule has 0 unspecified atom stereocenters. The molecule has 11 heteroatoms. The third kappa shape index (κ3) is 7.65. The molecule has 1 aliphatic rings. The Morgan fingerprint density at radius 1 is 1.15 bits per heavy atom. The highest BCUT2D eigenvalue weighted by molar-refractivity contribution is 6.74. The zero-order chi connectivity index (χ0) is 30.8. The average Bonchev–Trinajstić information content (AvgIpc) is 3.65. The molecule has 0 saturated carbocycles. The lowest BCUT2D eigenvalue weighted by atomic mass is 9.99. The SMILES string of the molecule is COc1cc(C(=O)O[C@H](C(=O)N[C@H](CO)C(=O)NC[C@@H](C)O[Si](C)(C)C(C)(C)C)[C@@]2(C)CO2)c2cccc(C)c2c1. The molecule has 1 aliphatic heterocycles. The van der Waals surface area contributed by atoms with Gasteiger partial charge in [-0.05, 0) is 67.4 Å². The predicted molar refractivity (Wildman–Crippen MR) is 159 cm³/mol. The standard InChI is InChI=1S/C30H44N2O8Si/c1-18-11-10-12-21-22(18)13-20(37-7)14-23(21)28(36)39-25(30(6)17-38-30)27(35)32-24(16-33)26(34)31-15-19(2)40-41(8,9)29(3,4)5/h10-14,19,24-25,33H,15-17H2,1-9H3,(H,31,34)(H,32,35)/t19-,24-,25-,30-/m1/s1. The van der Waals surface area contributed by atoms with E-state index in [9.17, 15) is 19.5 Å². The molecule has 1 heterocycles. The van der Waals surface area contributed by atoms with Gasteiger partial charge in [0.1, 0.15) is 17.4 Å². The molecule has 4 atom stereocenters. The van der Waals surface area contributed by atoms with Crippen molar-refractivity contribution in [2.24, 2.45) is 0 Å². The summed E-state index contributed by atoms with van der Waals surface area (Å²) >= 11 is 0. The third-order valence-corrected chi connectivity index (χ3v) is 12.5. The zero-order valence-electron chi connectivity index (χ0n) is 25.5. The number of nitrogens with one attached hydrogen (secondary N) is 2. The lowest BCUT2D eigenvalue weighted by Gasteiger charge is -2.38. The van der Waals surface area contributed by atoms with Crippen molar-refractivity contribution < 1.29 is 38.1 Å². The second-order valence-electron chi connectivity index (χ2n) is 12.4. The summed E-state index contributed by atoms with van der Waals surface area (Å²) in [4.78, 5) is 39.6. The van der Waals surface area contributed by atoms with E-state index in [1.54, 1.807) is 19.1 Å². The van der Waals surface area contributed by atoms with Gasteiger partial charge in [0.15, 0.2) is 8.32 Å². The molecule has 226 valence electrons. The van der Waals surface area contributed by atoms with Crippen molar-refractivity contribution in [2.45, 2.75) is 83.5 Å². The molecule has 10 nitrogen and oxygen atoms in total. The smallest absolute Gasteiger partial charge is 0.339 e. The number of fused-ring (bicyclic) bond motifs is 1. The fourth-order valence-corrected chi connectivity index (χ4v) is 5.66. The third-order valence-electron chi connectivity index (χ3n) is 7.94. The Kier molecular flexibility index (Phi) is 9.90. The summed E-state index contributed by atoms with van der Waals surface area (Å²) in [6.07, 6.45) is -1.62. The highest BCUT2D eigenvalue weighted by atomic mass is 28.4. The zero-order valence-corrected chi connectivity index (χ0v) is 26.5. The van der Waals surface area contributed by atoms with E-state index in [4.69, 9.17) is 18.6 Å². The van der Waals surface area contributed by atoms with Gasteiger partial charge in [-0.3, -0.25) is 9.59 Å². The maximum atomic E-state index is 13.4. The lowest BCUT2D eigenvalue weighted by Crippen LogP contribution is -2.55. The van der Waals surface area contributed by atoms with Crippen molar-refractivity contribution in [1.82, 2.24) is 10.6 Å². The number of hydrogen-bond donors (Lipinski definition) is 3. The van der Waals surface area contributed by atoms with Crippen LogP contribution in [0.5, 0.6) is 5.75 Å². The minimum Gasteiger partial charge on any atom is -0.497 e. The lowest BCUT2D eigenvalue weighted by molar-refractivity contribution is -0.137. The van der Waals surface area contributed by atoms with Gasteiger partial charge in [0, 0.05) is 6.54 Å². The van der Waals surface area contributed by atoms with Crippen molar-refractivity contribution in [2.75, 3.05) is 26.9 Å². The maximum absolute atomic E-state index is 13.4. The molecule has 1 saturated heterocycles. The Balaban J connectivity index is 1.72. The van der Waals surface area contributed by atoms with Crippen LogP contribution in [0.4, 0.5) is 0 Å². The summed E-state index contributed by atoms with van der Waals surface area (Å²) in [5, 5.41) is 16.7. The Morgan fingerprint density at radius 3 is 2.37 bits per heavy atom. The molecule has 2 aromatic rings. The van der Waals surface area contributed by atoms with Crippen LogP contribution >= 0.6 is 0 Å². The molecule has 41 heavy (non-hydrogen) atoms. The number of aliphatic hydroxyl groups is 1. The largest absolute Gasteiger partial charge is 0.497 e. The number of aliphatic hydroxyl groups excluding tert-OH is 1. The molecule has 0 radical (unpaired) electrons. The Bertz CT molecular complexity index is 1290. The molecule has 3 N–H and O–H groups in total. The number of benzene rings is 2. The monoisotopic (exact) mass is 588 g/mol. The highest BCUT2D eigenvalue weighted by Gasteiger charge is 2.54. The van der Waals surface area contributed by atoms with Crippen molar-refractivity contribution in [3.8, 4) is 5.75 Å². The quantitative estimate of drug-likeness (QED) is 0.195. The summed E-state index contributed by atoms with van der Waals surface area (Å²) in [5.74, 6) is -1.59. The Labute approximate surface area is 243 Å². The summed E-state index contributed by atoms with van der Waals surface area (Å²) in [5.41, 5.74) is 0.118. The number of methoxy groups -OCH3 is 1. The van der Waals surface area contributed by atoms with E-state index in [-0.39, 0.29) is 29.9 Å². The fourth-order valence-electron chi connectivity index (χ4n) is 4.22. The van der Waals surface area contributed by atoms with Crippen LogP contribution in [0.15, 0.2) is 30.3 Å². The first-order valence-corrected chi connectivity index (χ1v) is 16.7. The number of amides is 2. The number of aryl methyl sites for hydroxylation is 1. The second-order valence-corrected chi connectivity index (χ2v) is 17.2. The normalized spacial score (nSPS) is 19.2. The molecule has 2 aromatic carbocycles. The number of rotatable bonds is 12. The van der Waals surface area contributed by atoms with E-state index in [2.05, 4.69) is 44.5 Å². The van der Waals surface area contributed by atoms with Crippen LogP contribution in [-0.4, -0.2) is 81.9 Å². The first-order valence-electron chi connectivity index (χ1n) is 13.8. The second kappa shape index (κ2) is 12.5. The van der Waals surface area contributed by atoms with Gasteiger partial charge in [-0.1, -0.05) is 39.0 Å². The number of carbonyl (C=O) groups excluding carboxylic acids is 3. The van der Waals surface area contributed by atoms with Crippen LogP contribution in [0.2, 0.25) is 18.1 Å². The molecular formula is C30H44N2O8Si. The molecule has 1 fully saturated rings. The van der Waals surface area contributed by atoms with E-state index in [0.717, 1.165) is 10.9 Å². The molecular weight excluding hydrogens is 544 g/mol. The van der Waals surface area contributed by atoms with Crippen LogP contribution in [0.1, 0.15) is 50.5 Å². The van der Waals surface area contributed by atoms with Gasteiger partial charge in [-0.2, -0.15) is 0 Å². The summed E-state index contributed by atoms with van der Waals surface area (Å²) in [6.45, 7) is 15.8. The van der Waals surface area contributed by atoms with E-state index in [1.807, 2.05) is 32.0 Å². The first-order chi connectivity index (χ1) is 19.0. The van der Waals surface area contributed by atoms with Crippen LogP contribution < -0.4 is 15.4 Å². The number of esters is 1. The number of epoxide rings is 1. The van der Waals surface area contributed by atoms with Gasteiger partial charge >= 0.3 is 5.97 Å². The van der Waals surface area contributed by atoms with Crippen LogP contribution in [0.25, 0.3) is 10.8 Å². The summed E-state index contributed by atoms with van der Waals surface area (Å²) < 4.78 is 22.8. The van der Waals surface area contributed by atoms with E-state index < -0.39 is 50.5 Å². The van der Waals surface area contributed by atoms with Gasteiger partial charge in [0.25, 0.3) is 5.91 Å². The van der Waals surface area contributed by atoms with E-state index in [0.29, 0.717) is 11.1 Å². The van der Waals surface area contributed by atoms with Crippen LogP contribution in [-0.2, 0) is 23.5 Å². The van der Waals surface area contributed by atoms with Crippen LogP contribution in [0, 0.1) is 6.92 Å².